The Balaban J connectivity index is 1.21. The molecule has 3 atom stereocenters. The van der Waals surface area contributed by atoms with E-state index in [1.807, 2.05) is 0 Å². The number of hydrogen-bond acceptors (Lipinski definition) is 4. The molecule has 3 aliphatic rings. The van der Waals surface area contributed by atoms with Gasteiger partial charge in [0.15, 0.2) is 5.79 Å². The summed E-state index contributed by atoms with van der Waals surface area (Å²) in [6.07, 6.45) is 8.26. The maximum Gasteiger partial charge on any atom is 0.217 e. The summed E-state index contributed by atoms with van der Waals surface area (Å²) in [5.41, 5.74) is 8.17. The molecule has 4 aromatic rings. The Labute approximate surface area is 249 Å². The van der Waals surface area contributed by atoms with Crippen LogP contribution in [0.1, 0.15) is 90.7 Å². The average molecular weight is 558 g/mol. The van der Waals surface area contributed by atoms with Gasteiger partial charge in [-0.1, -0.05) is 104 Å². The molecule has 214 valence electrons. The van der Waals surface area contributed by atoms with E-state index < -0.39 is 5.79 Å². The summed E-state index contributed by atoms with van der Waals surface area (Å²) >= 11 is 0. The lowest BCUT2D eigenvalue weighted by Gasteiger charge is -2.23. The van der Waals surface area contributed by atoms with Crippen molar-refractivity contribution in [3.05, 3.63) is 137 Å². The third-order valence-electron chi connectivity index (χ3n) is 9.14. The van der Waals surface area contributed by atoms with Gasteiger partial charge in [0.2, 0.25) is 5.88 Å². The van der Waals surface area contributed by atoms with Crippen molar-refractivity contribution in [2.24, 2.45) is 5.92 Å². The van der Waals surface area contributed by atoms with Gasteiger partial charge in [0.1, 0.15) is 12.2 Å². The van der Waals surface area contributed by atoms with Crippen LogP contribution in [0.4, 0.5) is 0 Å². The molecule has 2 saturated carbocycles. The summed E-state index contributed by atoms with van der Waals surface area (Å²) in [5.74, 6) is 1.03. The van der Waals surface area contributed by atoms with Crippen LogP contribution in [0.5, 0.6) is 5.88 Å². The zero-order valence-corrected chi connectivity index (χ0v) is 24.5. The number of methoxy groups -OCH3 is 1. The van der Waals surface area contributed by atoms with Crippen LogP contribution in [0.15, 0.2) is 103 Å². The third kappa shape index (κ3) is 5.42. The van der Waals surface area contributed by atoms with Crippen molar-refractivity contribution in [3.8, 4) is 5.88 Å². The Kier molecular flexibility index (Phi) is 7.43. The molecule has 1 aliphatic heterocycles. The Bertz CT molecular complexity index is 1500. The highest BCUT2D eigenvalue weighted by Crippen LogP contribution is 2.54. The maximum absolute atomic E-state index is 6.91. The number of aromatic nitrogens is 1. The van der Waals surface area contributed by atoms with E-state index in [1.54, 1.807) is 7.11 Å². The van der Waals surface area contributed by atoms with Crippen LogP contribution in [0.25, 0.3) is 5.57 Å². The molecule has 0 unspecified atom stereocenters. The van der Waals surface area contributed by atoms with Crippen LogP contribution < -0.4 is 4.74 Å². The van der Waals surface area contributed by atoms with E-state index in [2.05, 4.69) is 110 Å². The predicted molar refractivity (Wildman–Crippen MR) is 166 cm³/mol. The van der Waals surface area contributed by atoms with Gasteiger partial charge in [0, 0.05) is 24.0 Å². The van der Waals surface area contributed by atoms with Crippen molar-refractivity contribution in [2.45, 2.75) is 69.4 Å². The molecule has 4 nitrogen and oxygen atoms in total. The first-order chi connectivity index (χ1) is 20.6. The van der Waals surface area contributed by atoms with Crippen molar-refractivity contribution in [2.75, 3.05) is 7.11 Å². The molecule has 1 spiro atoms. The number of allylic oxidation sites excluding steroid dienone is 1. The van der Waals surface area contributed by atoms with E-state index in [0.29, 0.717) is 11.8 Å². The molecule has 0 amide bonds. The molecule has 1 aromatic heterocycles. The molecule has 0 radical (unpaired) electrons. The fraction of sp³-hybridized carbons (Fsp3) is 0.342. The summed E-state index contributed by atoms with van der Waals surface area (Å²) in [6.45, 7) is 2.19. The van der Waals surface area contributed by atoms with Crippen molar-refractivity contribution in [1.82, 2.24) is 4.98 Å². The van der Waals surface area contributed by atoms with Crippen molar-refractivity contribution >= 4 is 5.57 Å². The molecule has 7 rings (SSSR count). The van der Waals surface area contributed by atoms with E-state index >= 15 is 0 Å². The highest BCUT2D eigenvalue weighted by atomic mass is 16.8. The standard InChI is InChI=1S/C38H39NO3/c1-3-26-14-16-29(17-15-26)33(34-21-20-32(28-18-19-28)37(39-34)40-2)24-27-22-23-38(25-27)41-35(30-10-6-4-7-11-30)36(42-38)31-12-8-5-9-13-31/h4-17,20-21,24,27-28,35-36H,3,18-19,22-23,25H2,1-2H3/t27-,35-,36-/m1/s1. The van der Waals surface area contributed by atoms with E-state index in [4.69, 9.17) is 19.2 Å². The van der Waals surface area contributed by atoms with Gasteiger partial charge in [-0.3, -0.25) is 0 Å². The molecule has 0 bridgehead atoms. The normalized spacial score (nSPS) is 23.4. The van der Waals surface area contributed by atoms with Gasteiger partial charge in [-0.25, -0.2) is 4.98 Å². The van der Waals surface area contributed by atoms with E-state index in [1.165, 1.54) is 29.5 Å². The van der Waals surface area contributed by atoms with E-state index in [0.717, 1.165) is 54.0 Å². The average Bonchev–Trinajstić information content (AvgIpc) is 3.73. The van der Waals surface area contributed by atoms with Crippen LogP contribution in [0.2, 0.25) is 0 Å². The van der Waals surface area contributed by atoms with Crippen molar-refractivity contribution in [1.29, 1.82) is 0 Å². The fourth-order valence-corrected chi connectivity index (χ4v) is 6.71. The minimum Gasteiger partial charge on any atom is -0.481 e. The van der Waals surface area contributed by atoms with Crippen LogP contribution >= 0.6 is 0 Å². The zero-order chi connectivity index (χ0) is 28.5. The molecule has 2 heterocycles. The number of aryl methyl sites for hydroxylation is 1. The van der Waals surface area contributed by atoms with Gasteiger partial charge in [-0.2, -0.15) is 0 Å². The van der Waals surface area contributed by atoms with Crippen LogP contribution in [-0.4, -0.2) is 17.9 Å². The summed E-state index contributed by atoms with van der Waals surface area (Å²) in [7, 11) is 1.74. The van der Waals surface area contributed by atoms with Crippen LogP contribution in [-0.2, 0) is 15.9 Å². The van der Waals surface area contributed by atoms with E-state index in [9.17, 15) is 0 Å². The number of pyridine rings is 1. The monoisotopic (exact) mass is 557 g/mol. The highest BCUT2D eigenvalue weighted by Gasteiger charge is 2.52. The first-order valence-electron chi connectivity index (χ1n) is 15.5. The molecule has 1 saturated heterocycles. The van der Waals surface area contributed by atoms with Gasteiger partial charge in [0.25, 0.3) is 0 Å². The lowest BCUT2D eigenvalue weighted by atomic mass is 9.94. The van der Waals surface area contributed by atoms with Crippen molar-refractivity contribution < 1.29 is 14.2 Å². The molecule has 42 heavy (non-hydrogen) atoms. The number of benzene rings is 3. The van der Waals surface area contributed by atoms with Gasteiger partial charge in [-0.15, -0.1) is 0 Å². The third-order valence-corrected chi connectivity index (χ3v) is 9.14. The summed E-state index contributed by atoms with van der Waals surface area (Å²) in [4.78, 5) is 5.05. The second-order valence-electron chi connectivity index (χ2n) is 12.0. The summed E-state index contributed by atoms with van der Waals surface area (Å²) in [6, 6.07) is 34.4. The SMILES string of the molecule is CCc1ccc(C(=C[C@H]2CCC3(C2)O[C@H](c2ccccc2)[C@@H](c2ccccc2)O3)c2ccc(C3CC3)c(OC)n2)cc1. The molecule has 3 aromatic carbocycles. The van der Waals surface area contributed by atoms with Crippen LogP contribution in [0, 0.1) is 5.92 Å². The lowest BCUT2D eigenvalue weighted by molar-refractivity contribution is -0.171. The minimum absolute atomic E-state index is 0.140. The minimum atomic E-state index is -0.611. The van der Waals surface area contributed by atoms with E-state index in [-0.39, 0.29) is 12.2 Å². The Morgan fingerprint density at radius 3 is 2.05 bits per heavy atom. The lowest BCUT2D eigenvalue weighted by Crippen LogP contribution is -2.26. The fourth-order valence-electron chi connectivity index (χ4n) is 6.71. The number of hydrogen-bond donors (Lipinski definition) is 0. The molecule has 2 aliphatic carbocycles. The largest absolute Gasteiger partial charge is 0.481 e. The molecule has 0 N–H and O–H groups in total. The molecular formula is C38H39NO3. The Hall–Kier alpha value is -3.73. The smallest absolute Gasteiger partial charge is 0.217 e. The van der Waals surface area contributed by atoms with Gasteiger partial charge < -0.3 is 14.2 Å². The van der Waals surface area contributed by atoms with Gasteiger partial charge in [-0.05, 0) is 65.8 Å². The van der Waals surface area contributed by atoms with Crippen LogP contribution in [0.3, 0.4) is 0 Å². The Morgan fingerprint density at radius 1 is 0.833 bits per heavy atom. The number of nitrogens with zero attached hydrogens (tertiary/aromatic N) is 1. The first-order valence-corrected chi connectivity index (χ1v) is 15.5. The predicted octanol–water partition coefficient (Wildman–Crippen LogP) is 8.99. The van der Waals surface area contributed by atoms with Gasteiger partial charge in [0.05, 0.1) is 12.8 Å². The zero-order valence-electron chi connectivity index (χ0n) is 24.5. The number of ether oxygens (including phenoxy) is 3. The maximum atomic E-state index is 6.91. The second kappa shape index (κ2) is 11.5. The number of rotatable bonds is 8. The highest BCUT2D eigenvalue weighted by molar-refractivity contribution is 5.78. The summed E-state index contributed by atoms with van der Waals surface area (Å²) in [5, 5.41) is 0. The second-order valence-corrected chi connectivity index (χ2v) is 12.0. The first kappa shape index (κ1) is 27.1. The molecule has 3 fully saturated rings. The quantitative estimate of drug-likeness (QED) is 0.217. The topological polar surface area (TPSA) is 40.6 Å². The van der Waals surface area contributed by atoms with Crippen molar-refractivity contribution in [3.63, 3.8) is 0 Å². The molecule has 4 heteroatoms. The molecular weight excluding hydrogens is 518 g/mol. The van der Waals surface area contributed by atoms with Gasteiger partial charge >= 0.3 is 0 Å². The Morgan fingerprint density at radius 2 is 1.48 bits per heavy atom. The summed E-state index contributed by atoms with van der Waals surface area (Å²) < 4.78 is 19.6.